The molecule has 17 heavy (non-hydrogen) atoms. The fourth-order valence-corrected chi connectivity index (χ4v) is 2.58. The number of hydrogen-bond acceptors (Lipinski definition) is 1. The van der Waals surface area contributed by atoms with Crippen molar-refractivity contribution in [3.8, 4) is 0 Å². The molecule has 1 nitrogen and oxygen atoms in total. The maximum Gasteiger partial charge on any atom is 0.164 e. The van der Waals surface area contributed by atoms with E-state index in [9.17, 15) is 4.79 Å². The second kappa shape index (κ2) is 3.69. The Labute approximate surface area is 104 Å². The standard InChI is InChI=1S/C16H22O/c1-6-15(2,3)11-7-8-13-12(9-11)14(17)10-16(13,4)5/h7-9H,6,10H2,1-5H3. The first-order valence-corrected chi connectivity index (χ1v) is 6.46. The molecule has 0 aromatic heterocycles. The fraction of sp³-hybridized carbons (Fsp3) is 0.562. The summed E-state index contributed by atoms with van der Waals surface area (Å²) >= 11 is 0. The Morgan fingerprint density at radius 1 is 1.29 bits per heavy atom. The zero-order valence-corrected chi connectivity index (χ0v) is 11.6. The van der Waals surface area contributed by atoms with Gasteiger partial charge in [-0.1, -0.05) is 46.8 Å². The summed E-state index contributed by atoms with van der Waals surface area (Å²) in [7, 11) is 0. The molecule has 1 aliphatic rings. The molecule has 0 amide bonds. The predicted octanol–water partition coefficient (Wildman–Crippen LogP) is 4.24. The summed E-state index contributed by atoms with van der Waals surface area (Å²) in [6.07, 6.45) is 1.74. The minimum atomic E-state index is 0.0152. The van der Waals surface area contributed by atoms with E-state index in [0.29, 0.717) is 12.2 Å². The summed E-state index contributed by atoms with van der Waals surface area (Å²) < 4.78 is 0. The van der Waals surface area contributed by atoms with Crippen molar-refractivity contribution < 1.29 is 4.79 Å². The van der Waals surface area contributed by atoms with E-state index in [0.717, 1.165) is 12.0 Å². The van der Waals surface area contributed by atoms with Gasteiger partial charge in [-0.2, -0.15) is 0 Å². The van der Waals surface area contributed by atoms with Crippen LogP contribution in [0.5, 0.6) is 0 Å². The van der Waals surface area contributed by atoms with Crippen LogP contribution in [0, 0.1) is 0 Å². The average molecular weight is 230 g/mol. The minimum Gasteiger partial charge on any atom is -0.294 e. The Hall–Kier alpha value is -1.11. The van der Waals surface area contributed by atoms with Crippen LogP contribution in [0.3, 0.4) is 0 Å². The summed E-state index contributed by atoms with van der Waals surface area (Å²) in [5.41, 5.74) is 3.63. The maximum atomic E-state index is 12.0. The first-order chi connectivity index (χ1) is 7.78. The normalized spacial score (nSPS) is 18.3. The number of Topliss-reactive ketones (excluding diaryl/α,β-unsaturated/α-hetero) is 1. The lowest BCUT2D eigenvalue weighted by molar-refractivity contribution is 0.0979. The number of fused-ring (bicyclic) bond motifs is 1. The molecular weight excluding hydrogens is 208 g/mol. The average Bonchev–Trinajstić information content (AvgIpc) is 2.49. The molecule has 0 unspecified atom stereocenters. The van der Waals surface area contributed by atoms with Crippen molar-refractivity contribution in [2.75, 3.05) is 0 Å². The van der Waals surface area contributed by atoms with Crippen LogP contribution in [0.1, 0.15) is 68.9 Å². The highest BCUT2D eigenvalue weighted by Gasteiger charge is 2.36. The fourth-order valence-electron chi connectivity index (χ4n) is 2.58. The molecule has 92 valence electrons. The molecule has 0 saturated heterocycles. The van der Waals surface area contributed by atoms with Gasteiger partial charge < -0.3 is 0 Å². The molecule has 1 aromatic rings. The monoisotopic (exact) mass is 230 g/mol. The molecule has 0 fully saturated rings. The molecule has 0 radical (unpaired) electrons. The topological polar surface area (TPSA) is 17.1 Å². The van der Waals surface area contributed by atoms with Crippen LogP contribution in [0.4, 0.5) is 0 Å². The lowest BCUT2D eigenvalue weighted by Gasteiger charge is -2.25. The lowest BCUT2D eigenvalue weighted by Crippen LogP contribution is -2.16. The molecule has 2 rings (SSSR count). The van der Waals surface area contributed by atoms with E-state index in [4.69, 9.17) is 0 Å². The molecule has 0 saturated carbocycles. The molecule has 0 atom stereocenters. The van der Waals surface area contributed by atoms with Gasteiger partial charge in [0, 0.05) is 12.0 Å². The van der Waals surface area contributed by atoms with Crippen LogP contribution in [0.25, 0.3) is 0 Å². The molecule has 0 heterocycles. The highest BCUT2D eigenvalue weighted by Crippen LogP contribution is 2.40. The van der Waals surface area contributed by atoms with Gasteiger partial charge in [0.15, 0.2) is 5.78 Å². The van der Waals surface area contributed by atoms with Gasteiger partial charge in [-0.05, 0) is 34.4 Å². The molecule has 0 bridgehead atoms. The van der Waals surface area contributed by atoms with Gasteiger partial charge in [0.25, 0.3) is 0 Å². The van der Waals surface area contributed by atoms with Crippen molar-refractivity contribution in [1.82, 2.24) is 0 Å². The van der Waals surface area contributed by atoms with Crippen LogP contribution in [0.15, 0.2) is 18.2 Å². The second-order valence-corrected chi connectivity index (χ2v) is 6.48. The Morgan fingerprint density at radius 2 is 1.94 bits per heavy atom. The summed E-state index contributed by atoms with van der Waals surface area (Å²) in [6, 6.07) is 6.48. The first kappa shape index (κ1) is 12.3. The molecule has 1 aliphatic carbocycles. The third kappa shape index (κ3) is 1.92. The van der Waals surface area contributed by atoms with E-state index in [2.05, 4.69) is 52.8 Å². The summed E-state index contributed by atoms with van der Waals surface area (Å²) in [5, 5.41) is 0. The summed E-state index contributed by atoms with van der Waals surface area (Å²) in [6.45, 7) is 11.0. The lowest BCUT2D eigenvalue weighted by atomic mass is 9.79. The van der Waals surface area contributed by atoms with Gasteiger partial charge >= 0.3 is 0 Å². The van der Waals surface area contributed by atoms with Crippen molar-refractivity contribution >= 4 is 5.78 Å². The molecule has 1 aromatic carbocycles. The number of hydrogen-bond donors (Lipinski definition) is 0. The predicted molar refractivity (Wildman–Crippen MR) is 71.7 cm³/mol. The Balaban J connectivity index is 2.54. The smallest absolute Gasteiger partial charge is 0.164 e. The number of ketones is 1. The number of rotatable bonds is 2. The van der Waals surface area contributed by atoms with Gasteiger partial charge in [-0.25, -0.2) is 0 Å². The molecule has 1 heteroatoms. The number of carbonyl (C=O) groups is 1. The molecule has 0 aliphatic heterocycles. The zero-order chi connectivity index (χ0) is 12.8. The van der Waals surface area contributed by atoms with Crippen LogP contribution < -0.4 is 0 Å². The number of carbonyl (C=O) groups excluding carboxylic acids is 1. The maximum absolute atomic E-state index is 12.0. The Bertz CT molecular complexity index is 466. The molecule has 0 spiro atoms. The highest BCUT2D eigenvalue weighted by molar-refractivity contribution is 6.02. The molecular formula is C16H22O. The van der Waals surface area contributed by atoms with Crippen molar-refractivity contribution in [2.24, 2.45) is 0 Å². The second-order valence-electron chi connectivity index (χ2n) is 6.48. The van der Waals surface area contributed by atoms with E-state index in [-0.39, 0.29) is 10.8 Å². The minimum absolute atomic E-state index is 0.0152. The van der Waals surface area contributed by atoms with E-state index in [1.807, 2.05) is 0 Å². The third-order valence-corrected chi connectivity index (χ3v) is 4.32. The van der Waals surface area contributed by atoms with Crippen molar-refractivity contribution in [1.29, 1.82) is 0 Å². The summed E-state index contributed by atoms with van der Waals surface area (Å²) in [5.74, 6) is 0.304. The zero-order valence-electron chi connectivity index (χ0n) is 11.6. The van der Waals surface area contributed by atoms with E-state index >= 15 is 0 Å². The number of benzene rings is 1. The van der Waals surface area contributed by atoms with Gasteiger partial charge in [-0.15, -0.1) is 0 Å². The molecule has 0 N–H and O–H groups in total. The van der Waals surface area contributed by atoms with E-state index in [1.165, 1.54) is 11.1 Å². The SMILES string of the molecule is CCC(C)(C)c1ccc2c(c1)C(=O)CC2(C)C. The van der Waals surface area contributed by atoms with Gasteiger partial charge in [0.05, 0.1) is 0 Å². The van der Waals surface area contributed by atoms with Crippen LogP contribution in [-0.2, 0) is 10.8 Å². The van der Waals surface area contributed by atoms with Crippen LogP contribution in [0.2, 0.25) is 0 Å². The third-order valence-electron chi connectivity index (χ3n) is 4.32. The van der Waals surface area contributed by atoms with Crippen LogP contribution in [-0.4, -0.2) is 5.78 Å². The van der Waals surface area contributed by atoms with Crippen molar-refractivity contribution in [3.05, 3.63) is 34.9 Å². The quantitative estimate of drug-likeness (QED) is 0.742. The van der Waals surface area contributed by atoms with Crippen LogP contribution >= 0.6 is 0 Å². The first-order valence-electron chi connectivity index (χ1n) is 6.46. The van der Waals surface area contributed by atoms with E-state index in [1.54, 1.807) is 0 Å². The van der Waals surface area contributed by atoms with Gasteiger partial charge in [0.2, 0.25) is 0 Å². The van der Waals surface area contributed by atoms with Crippen molar-refractivity contribution in [3.63, 3.8) is 0 Å². The highest BCUT2D eigenvalue weighted by atomic mass is 16.1. The van der Waals surface area contributed by atoms with Crippen molar-refractivity contribution in [2.45, 2.75) is 58.3 Å². The largest absolute Gasteiger partial charge is 0.294 e. The Kier molecular flexibility index (Phi) is 2.68. The van der Waals surface area contributed by atoms with Gasteiger partial charge in [-0.3, -0.25) is 4.79 Å². The van der Waals surface area contributed by atoms with Gasteiger partial charge in [0.1, 0.15) is 0 Å². The summed E-state index contributed by atoms with van der Waals surface area (Å²) in [4.78, 5) is 12.0. The van der Waals surface area contributed by atoms with E-state index < -0.39 is 0 Å². The Morgan fingerprint density at radius 3 is 2.53 bits per heavy atom.